The van der Waals surface area contributed by atoms with E-state index in [0.29, 0.717) is 18.7 Å². The summed E-state index contributed by atoms with van der Waals surface area (Å²) in [5.74, 6) is -0.726. The minimum atomic E-state index is -1.07. The van der Waals surface area contributed by atoms with Gasteiger partial charge in [0, 0.05) is 36.0 Å². The van der Waals surface area contributed by atoms with E-state index in [0.717, 1.165) is 38.8 Å². The van der Waals surface area contributed by atoms with Crippen molar-refractivity contribution in [3.05, 3.63) is 137 Å². The second kappa shape index (κ2) is 13.6. The van der Waals surface area contributed by atoms with Crippen molar-refractivity contribution in [3.63, 3.8) is 0 Å². The summed E-state index contributed by atoms with van der Waals surface area (Å²) in [6.07, 6.45) is 0.207. The third kappa shape index (κ3) is 7.21. The number of ether oxygens (including phenoxy) is 1. The summed E-state index contributed by atoms with van der Waals surface area (Å²) in [4.78, 5) is 31.9. The second-order valence-corrected chi connectivity index (χ2v) is 10.6. The first-order chi connectivity index (χ1) is 20.5. The van der Waals surface area contributed by atoms with Gasteiger partial charge in [0.1, 0.15) is 11.8 Å². The zero-order valence-corrected chi connectivity index (χ0v) is 24.0. The molecule has 42 heavy (non-hydrogen) atoms. The Morgan fingerprint density at radius 1 is 0.833 bits per heavy atom. The molecule has 0 aliphatic heterocycles. The number of carboxylic acids is 1. The molecule has 0 saturated carbocycles. The highest BCUT2D eigenvalue weighted by molar-refractivity contribution is 7.14. The highest BCUT2D eigenvalue weighted by atomic mass is 32.1. The normalized spacial score (nSPS) is 11.5. The van der Waals surface area contributed by atoms with Crippen LogP contribution in [-0.2, 0) is 24.3 Å². The number of nitrogens with one attached hydrogen (secondary N) is 1. The average molecular weight is 578 g/mol. The van der Waals surface area contributed by atoms with Gasteiger partial charge in [-0.05, 0) is 41.0 Å². The van der Waals surface area contributed by atoms with Crippen molar-refractivity contribution in [3.8, 4) is 17.0 Å². The minimum absolute atomic E-state index is 0.207. The number of anilines is 1. The van der Waals surface area contributed by atoms with Crippen LogP contribution >= 0.6 is 11.3 Å². The molecule has 0 aliphatic carbocycles. The van der Waals surface area contributed by atoms with E-state index in [-0.39, 0.29) is 6.42 Å². The van der Waals surface area contributed by atoms with Crippen LogP contribution in [0.15, 0.2) is 115 Å². The van der Waals surface area contributed by atoms with Gasteiger partial charge < -0.3 is 20.1 Å². The lowest BCUT2D eigenvalue weighted by Gasteiger charge is -2.22. The van der Waals surface area contributed by atoms with E-state index in [9.17, 15) is 14.7 Å². The molecule has 1 unspecified atom stereocenters. The smallest absolute Gasteiger partial charge is 0.326 e. The molecule has 1 aromatic heterocycles. The monoisotopic (exact) mass is 577 g/mol. The molecule has 4 aromatic carbocycles. The van der Waals surface area contributed by atoms with Gasteiger partial charge in [-0.2, -0.15) is 0 Å². The first-order valence-electron chi connectivity index (χ1n) is 13.5. The van der Waals surface area contributed by atoms with E-state index in [2.05, 4.69) is 22.3 Å². The second-order valence-electron chi connectivity index (χ2n) is 9.81. The molecular formula is C34H31N3O4S. The molecule has 2 N–H and O–H groups in total. The summed E-state index contributed by atoms with van der Waals surface area (Å²) in [7, 11) is 1.66. The molecule has 5 aromatic rings. The zero-order chi connectivity index (χ0) is 29.3. The number of carbonyl (C=O) groups is 2. The fraction of sp³-hybridized carbons (Fsp3) is 0.147. The fourth-order valence-electron chi connectivity index (χ4n) is 4.66. The Labute approximate surface area is 249 Å². The van der Waals surface area contributed by atoms with Crippen LogP contribution in [0, 0.1) is 0 Å². The van der Waals surface area contributed by atoms with Crippen molar-refractivity contribution in [1.29, 1.82) is 0 Å². The van der Waals surface area contributed by atoms with Gasteiger partial charge >= 0.3 is 5.97 Å². The zero-order valence-electron chi connectivity index (χ0n) is 23.1. The van der Waals surface area contributed by atoms with Gasteiger partial charge in [0.15, 0.2) is 5.13 Å². The maximum Gasteiger partial charge on any atom is 0.326 e. The molecule has 0 spiro atoms. The average Bonchev–Trinajstić information content (AvgIpc) is 3.52. The summed E-state index contributed by atoms with van der Waals surface area (Å²) >= 11 is 1.57. The van der Waals surface area contributed by atoms with E-state index >= 15 is 0 Å². The van der Waals surface area contributed by atoms with Crippen LogP contribution in [0.25, 0.3) is 11.3 Å². The van der Waals surface area contributed by atoms with Crippen molar-refractivity contribution in [2.75, 3.05) is 12.0 Å². The number of carboxylic acid groups (broad SMARTS) is 1. The summed E-state index contributed by atoms with van der Waals surface area (Å²) in [5.41, 5.74) is 5.18. The molecule has 1 amide bonds. The SMILES string of the molecule is COc1ccccc1-c1csc(N(Cc2ccccc2)Cc2ccc(C(=O)NC(Cc3ccccc3)C(=O)O)cc2)n1. The third-order valence-electron chi connectivity index (χ3n) is 6.84. The molecule has 5 rings (SSSR count). The predicted molar refractivity (Wildman–Crippen MR) is 166 cm³/mol. The van der Waals surface area contributed by atoms with Gasteiger partial charge in [0.05, 0.1) is 12.8 Å². The largest absolute Gasteiger partial charge is 0.496 e. The van der Waals surface area contributed by atoms with Crippen LogP contribution in [0.4, 0.5) is 5.13 Å². The summed E-state index contributed by atoms with van der Waals surface area (Å²) < 4.78 is 5.54. The van der Waals surface area contributed by atoms with Crippen LogP contribution in [0.5, 0.6) is 5.75 Å². The minimum Gasteiger partial charge on any atom is -0.496 e. The Morgan fingerprint density at radius 2 is 1.43 bits per heavy atom. The highest BCUT2D eigenvalue weighted by Crippen LogP contribution is 2.34. The number of thiazole rings is 1. The predicted octanol–water partition coefficient (Wildman–Crippen LogP) is 6.45. The molecule has 0 aliphatic rings. The van der Waals surface area contributed by atoms with E-state index in [4.69, 9.17) is 9.72 Å². The first-order valence-corrected chi connectivity index (χ1v) is 14.4. The number of amides is 1. The summed E-state index contributed by atoms with van der Waals surface area (Å²) in [6, 6.07) is 33.5. The van der Waals surface area contributed by atoms with Gasteiger partial charge in [-0.15, -0.1) is 11.3 Å². The maximum atomic E-state index is 12.9. The molecule has 0 bridgehead atoms. The van der Waals surface area contributed by atoms with Crippen LogP contribution in [0.3, 0.4) is 0 Å². The van der Waals surface area contributed by atoms with Gasteiger partial charge in [-0.1, -0.05) is 84.9 Å². The number of rotatable bonds is 12. The maximum absolute atomic E-state index is 12.9. The van der Waals surface area contributed by atoms with E-state index in [1.165, 1.54) is 0 Å². The number of hydrogen-bond acceptors (Lipinski definition) is 6. The Bertz CT molecular complexity index is 1620. The third-order valence-corrected chi connectivity index (χ3v) is 7.74. The number of benzene rings is 4. The van der Waals surface area contributed by atoms with Crippen LogP contribution < -0.4 is 15.0 Å². The number of methoxy groups -OCH3 is 1. The fourth-order valence-corrected chi connectivity index (χ4v) is 5.48. The number of nitrogens with zero attached hydrogens (tertiary/aromatic N) is 2. The van der Waals surface area contributed by atoms with Crippen LogP contribution in [-0.4, -0.2) is 35.1 Å². The van der Waals surface area contributed by atoms with E-state index < -0.39 is 17.9 Å². The lowest BCUT2D eigenvalue weighted by Crippen LogP contribution is -2.42. The van der Waals surface area contributed by atoms with Crippen molar-refractivity contribution in [1.82, 2.24) is 10.3 Å². The van der Waals surface area contributed by atoms with Gasteiger partial charge in [-0.25, -0.2) is 9.78 Å². The van der Waals surface area contributed by atoms with E-state index in [1.54, 1.807) is 30.6 Å². The number of para-hydroxylation sites is 1. The first kappa shape index (κ1) is 28.6. The number of aliphatic carboxylic acids is 1. The lowest BCUT2D eigenvalue weighted by atomic mass is 10.1. The Hall–Kier alpha value is -4.95. The van der Waals surface area contributed by atoms with Gasteiger partial charge in [0.25, 0.3) is 5.91 Å². The summed E-state index contributed by atoms with van der Waals surface area (Å²) in [6.45, 7) is 1.23. The molecule has 0 saturated heterocycles. The van der Waals surface area contributed by atoms with Gasteiger partial charge in [0.2, 0.25) is 0 Å². The molecule has 0 radical (unpaired) electrons. The molecule has 212 valence electrons. The number of hydrogen-bond donors (Lipinski definition) is 2. The topological polar surface area (TPSA) is 91.8 Å². The Kier molecular flexibility index (Phi) is 9.26. The molecule has 0 fully saturated rings. The van der Waals surface area contributed by atoms with Crippen LogP contribution in [0.2, 0.25) is 0 Å². The molecule has 8 heteroatoms. The number of carbonyl (C=O) groups excluding carboxylic acids is 1. The molecule has 7 nitrogen and oxygen atoms in total. The highest BCUT2D eigenvalue weighted by Gasteiger charge is 2.21. The standard InChI is InChI=1S/C34H31N3O4S/c1-41-31-15-9-8-14-28(31)30-23-42-34(36-30)37(21-25-12-6-3-7-13-25)22-26-16-18-27(19-17-26)32(38)35-29(33(39)40)20-24-10-4-2-5-11-24/h2-19,23,29H,20-22H2,1H3,(H,35,38)(H,39,40). The van der Waals surface area contributed by atoms with Gasteiger partial charge in [-0.3, -0.25) is 4.79 Å². The Balaban J connectivity index is 1.32. The van der Waals surface area contributed by atoms with Crippen LogP contribution in [0.1, 0.15) is 27.0 Å². The Morgan fingerprint density at radius 3 is 2.07 bits per heavy atom. The van der Waals surface area contributed by atoms with E-state index in [1.807, 2.05) is 90.3 Å². The quantitative estimate of drug-likeness (QED) is 0.177. The number of aromatic nitrogens is 1. The van der Waals surface area contributed by atoms with Crippen molar-refractivity contribution < 1.29 is 19.4 Å². The molecule has 1 atom stereocenters. The van der Waals surface area contributed by atoms with Crippen molar-refractivity contribution in [2.45, 2.75) is 25.6 Å². The van der Waals surface area contributed by atoms with Crippen molar-refractivity contribution in [2.24, 2.45) is 0 Å². The summed E-state index contributed by atoms with van der Waals surface area (Å²) in [5, 5.41) is 15.2. The lowest BCUT2D eigenvalue weighted by molar-refractivity contribution is -0.139. The molecular weight excluding hydrogens is 546 g/mol. The molecule has 1 heterocycles. The van der Waals surface area contributed by atoms with Crippen molar-refractivity contribution >= 4 is 28.3 Å².